The summed E-state index contributed by atoms with van der Waals surface area (Å²) in [5.41, 5.74) is 1.78. The van der Waals surface area contributed by atoms with Gasteiger partial charge < -0.3 is 20.7 Å². The zero-order valence-electron chi connectivity index (χ0n) is 17.3. The second-order valence-electron chi connectivity index (χ2n) is 7.89. The predicted octanol–water partition coefficient (Wildman–Crippen LogP) is 2.61. The summed E-state index contributed by atoms with van der Waals surface area (Å²) < 4.78 is 6.03. The Morgan fingerprint density at radius 1 is 1.26 bits per heavy atom. The van der Waals surface area contributed by atoms with Crippen molar-refractivity contribution in [1.29, 1.82) is 0 Å². The van der Waals surface area contributed by atoms with E-state index in [0.717, 1.165) is 23.8 Å². The fourth-order valence-corrected chi connectivity index (χ4v) is 2.62. The summed E-state index contributed by atoms with van der Waals surface area (Å²) in [6.07, 6.45) is 2.55. The minimum absolute atomic E-state index is 0.0299. The van der Waals surface area contributed by atoms with Crippen molar-refractivity contribution in [2.75, 3.05) is 26.7 Å². The lowest BCUT2D eigenvalue weighted by molar-refractivity contribution is -0.128. The second kappa shape index (κ2) is 9.62. The van der Waals surface area contributed by atoms with Gasteiger partial charge in [-0.25, -0.2) is 0 Å². The maximum atomic E-state index is 12.1. The first-order chi connectivity index (χ1) is 12.9. The van der Waals surface area contributed by atoms with Gasteiger partial charge in [-0.2, -0.15) is 0 Å². The molecule has 0 spiro atoms. The topological polar surface area (TPSA) is 74.8 Å². The molecule has 2 rings (SSSR count). The van der Waals surface area contributed by atoms with Crippen molar-refractivity contribution in [3.63, 3.8) is 0 Å². The van der Waals surface area contributed by atoms with Crippen LogP contribution in [-0.4, -0.2) is 38.6 Å². The molecule has 0 bridgehead atoms. The molecule has 27 heavy (non-hydrogen) atoms. The Bertz CT molecular complexity index is 666. The fourth-order valence-electron chi connectivity index (χ4n) is 2.62. The molecule has 0 atom stereocenters. The molecular formula is C21H34N4O2. The molecule has 1 saturated carbocycles. The van der Waals surface area contributed by atoms with Crippen LogP contribution in [0.5, 0.6) is 5.75 Å². The van der Waals surface area contributed by atoms with Crippen LogP contribution in [0, 0.1) is 18.3 Å². The lowest BCUT2D eigenvalue weighted by Gasteiger charge is -2.25. The average Bonchev–Trinajstić information content (AvgIpc) is 3.46. The number of aryl methyl sites for hydroxylation is 1. The Labute approximate surface area is 163 Å². The Morgan fingerprint density at radius 2 is 2.00 bits per heavy atom. The molecule has 1 aromatic rings. The van der Waals surface area contributed by atoms with Gasteiger partial charge >= 0.3 is 0 Å². The van der Waals surface area contributed by atoms with Gasteiger partial charge in [-0.15, -0.1) is 0 Å². The molecular weight excluding hydrogens is 340 g/mol. The van der Waals surface area contributed by atoms with Crippen LogP contribution in [0.1, 0.15) is 44.7 Å². The molecule has 1 amide bonds. The fraction of sp³-hybridized carbons (Fsp3) is 0.619. The van der Waals surface area contributed by atoms with E-state index in [9.17, 15) is 4.79 Å². The van der Waals surface area contributed by atoms with Crippen molar-refractivity contribution in [1.82, 2.24) is 16.0 Å². The Kier molecular flexibility index (Phi) is 7.51. The third kappa shape index (κ3) is 6.77. The van der Waals surface area contributed by atoms with Crippen molar-refractivity contribution in [3.8, 4) is 5.75 Å². The lowest BCUT2D eigenvalue weighted by atomic mass is 9.92. The normalized spacial score (nSPS) is 14.6. The Morgan fingerprint density at radius 3 is 2.63 bits per heavy atom. The summed E-state index contributed by atoms with van der Waals surface area (Å²) in [5, 5.41) is 9.44. The van der Waals surface area contributed by atoms with E-state index in [-0.39, 0.29) is 5.91 Å². The molecule has 3 N–H and O–H groups in total. The molecule has 0 saturated heterocycles. The second-order valence-corrected chi connectivity index (χ2v) is 7.89. The maximum absolute atomic E-state index is 12.1. The first kappa shape index (κ1) is 21.1. The maximum Gasteiger partial charge on any atom is 0.227 e. The third-order valence-corrected chi connectivity index (χ3v) is 4.71. The minimum Gasteiger partial charge on any atom is -0.493 e. The molecule has 1 aliphatic rings. The van der Waals surface area contributed by atoms with Gasteiger partial charge in [-0.1, -0.05) is 12.1 Å². The van der Waals surface area contributed by atoms with Crippen LogP contribution < -0.4 is 20.7 Å². The Balaban J connectivity index is 1.90. The van der Waals surface area contributed by atoms with Gasteiger partial charge in [0.15, 0.2) is 5.96 Å². The molecule has 0 radical (unpaired) electrons. The van der Waals surface area contributed by atoms with E-state index in [4.69, 9.17) is 4.74 Å². The molecule has 1 aromatic carbocycles. The summed E-state index contributed by atoms with van der Waals surface area (Å²) in [5.74, 6) is 2.35. The predicted molar refractivity (Wildman–Crippen MR) is 110 cm³/mol. The van der Waals surface area contributed by atoms with E-state index in [2.05, 4.69) is 46.1 Å². The van der Waals surface area contributed by atoms with Crippen molar-refractivity contribution < 1.29 is 9.53 Å². The molecule has 0 unspecified atom stereocenters. The van der Waals surface area contributed by atoms with Gasteiger partial charge in [-0.3, -0.25) is 9.79 Å². The van der Waals surface area contributed by atoms with Gasteiger partial charge in [0.1, 0.15) is 5.75 Å². The van der Waals surface area contributed by atoms with Crippen LogP contribution in [0.3, 0.4) is 0 Å². The van der Waals surface area contributed by atoms with Crippen LogP contribution in [0.2, 0.25) is 0 Å². The van der Waals surface area contributed by atoms with Crippen molar-refractivity contribution >= 4 is 11.9 Å². The highest BCUT2D eigenvalue weighted by molar-refractivity contribution is 5.84. The van der Waals surface area contributed by atoms with Crippen LogP contribution >= 0.6 is 0 Å². The highest BCUT2D eigenvalue weighted by atomic mass is 16.5. The molecule has 0 heterocycles. The zero-order valence-corrected chi connectivity index (χ0v) is 17.3. The number of hydrogen-bond donors (Lipinski definition) is 3. The first-order valence-electron chi connectivity index (χ1n) is 9.81. The van der Waals surface area contributed by atoms with Gasteiger partial charge in [0.2, 0.25) is 5.91 Å². The van der Waals surface area contributed by atoms with E-state index in [1.807, 2.05) is 20.8 Å². The van der Waals surface area contributed by atoms with Gasteiger partial charge in [-0.05, 0) is 58.1 Å². The quantitative estimate of drug-likeness (QED) is 0.459. The summed E-state index contributed by atoms with van der Waals surface area (Å²) >= 11 is 0. The van der Waals surface area contributed by atoms with Crippen molar-refractivity contribution in [3.05, 3.63) is 29.3 Å². The minimum atomic E-state index is -0.518. The monoisotopic (exact) mass is 374 g/mol. The number of ether oxygens (including phenoxy) is 1. The lowest BCUT2D eigenvalue weighted by Crippen LogP contribution is -2.47. The SMILES string of the molecule is CCNC(=O)C(C)(C)CNC(=NC)NCc1ccc(C)cc1OCC1CC1. The van der Waals surface area contributed by atoms with Gasteiger partial charge in [0.25, 0.3) is 0 Å². The number of carbonyl (C=O) groups is 1. The number of nitrogens with zero attached hydrogens (tertiary/aromatic N) is 1. The van der Waals surface area contributed by atoms with E-state index < -0.39 is 5.41 Å². The summed E-state index contributed by atoms with van der Waals surface area (Å²) in [4.78, 5) is 16.4. The summed E-state index contributed by atoms with van der Waals surface area (Å²) in [6, 6.07) is 6.28. The number of aliphatic imine (C=N–C) groups is 1. The van der Waals surface area contributed by atoms with Gasteiger partial charge in [0, 0.05) is 32.2 Å². The molecule has 150 valence electrons. The van der Waals surface area contributed by atoms with Crippen LogP contribution in [0.15, 0.2) is 23.2 Å². The number of benzene rings is 1. The number of amides is 1. The first-order valence-corrected chi connectivity index (χ1v) is 9.81. The third-order valence-electron chi connectivity index (χ3n) is 4.71. The van der Waals surface area contributed by atoms with E-state index in [1.54, 1.807) is 7.05 Å². The van der Waals surface area contributed by atoms with E-state index in [1.165, 1.54) is 18.4 Å². The largest absolute Gasteiger partial charge is 0.493 e. The van der Waals surface area contributed by atoms with Crippen LogP contribution in [0.25, 0.3) is 0 Å². The number of carbonyl (C=O) groups excluding carboxylic acids is 1. The average molecular weight is 375 g/mol. The van der Waals surface area contributed by atoms with Gasteiger partial charge in [0.05, 0.1) is 12.0 Å². The molecule has 0 aliphatic heterocycles. The zero-order chi connectivity index (χ0) is 19.9. The number of hydrogen-bond acceptors (Lipinski definition) is 3. The highest BCUT2D eigenvalue weighted by Crippen LogP contribution is 2.30. The smallest absolute Gasteiger partial charge is 0.227 e. The molecule has 6 heteroatoms. The highest BCUT2D eigenvalue weighted by Gasteiger charge is 2.27. The van der Waals surface area contributed by atoms with E-state index >= 15 is 0 Å². The summed E-state index contributed by atoms with van der Waals surface area (Å²) in [6.45, 7) is 10.4. The molecule has 0 aromatic heterocycles. The number of guanidine groups is 1. The molecule has 6 nitrogen and oxygen atoms in total. The van der Waals surface area contributed by atoms with Crippen LogP contribution in [-0.2, 0) is 11.3 Å². The van der Waals surface area contributed by atoms with Crippen molar-refractivity contribution in [2.45, 2.75) is 47.1 Å². The van der Waals surface area contributed by atoms with Crippen LogP contribution in [0.4, 0.5) is 0 Å². The standard InChI is InChI=1S/C21H34N4O2/c1-6-23-19(26)21(3,4)14-25-20(22-5)24-12-17-10-7-15(2)11-18(17)27-13-16-8-9-16/h7,10-11,16H,6,8-9,12-14H2,1-5H3,(H,23,26)(H2,22,24,25). The molecule has 1 fully saturated rings. The Hall–Kier alpha value is -2.24. The summed E-state index contributed by atoms with van der Waals surface area (Å²) in [7, 11) is 1.73. The van der Waals surface area contributed by atoms with Crippen molar-refractivity contribution in [2.24, 2.45) is 16.3 Å². The number of nitrogens with one attached hydrogen (secondary N) is 3. The number of rotatable bonds is 9. The molecule has 1 aliphatic carbocycles. The van der Waals surface area contributed by atoms with E-state index in [0.29, 0.717) is 25.6 Å².